The number of aliphatic imine (C=N–C) groups is 1. The van der Waals surface area contributed by atoms with E-state index < -0.39 is 0 Å². The lowest BCUT2D eigenvalue weighted by Gasteiger charge is -2.20. The zero-order chi connectivity index (χ0) is 21.6. The van der Waals surface area contributed by atoms with Crippen LogP contribution in [0.15, 0.2) is 29.3 Å². The molecule has 0 spiro atoms. The summed E-state index contributed by atoms with van der Waals surface area (Å²) >= 11 is 0. The van der Waals surface area contributed by atoms with Gasteiger partial charge in [-0.2, -0.15) is 0 Å². The molecule has 0 atom stereocenters. The molecule has 0 saturated heterocycles. The highest BCUT2D eigenvalue weighted by atomic mass is 127. The van der Waals surface area contributed by atoms with Crippen molar-refractivity contribution in [2.45, 2.75) is 51.9 Å². The van der Waals surface area contributed by atoms with Crippen LogP contribution in [-0.2, 0) is 11.2 Å². The third kappa shape index (κ3) is 10.8. The Labute approximate surface area is 203 Å². The van der Waals surface area contributed by atoms with Gasteiger partial charge < -0.3 is 21.3 Å². The van der Waals surface area contributed by atoms with Gasteiger partial charge >= 0.3 is 0 Å². The SMILES string of the molecule is CCNC(=NCCc1cccc(C(=O)NC)c1)NCCNC(=O)CC1CCCCC1.I. The summed E-state index contributed by atoms with van der Waals surface area (Å²) in [5.74, 6) is 1.37. The first-order chi connectivity index (χ1) is 14.6. The molecule has 1 aliphatic carbocycles. The van der Waals surface area contributed by atoms with Crippen molar-refractivity contribution in [3.8, 4) is 0 Å². The third-order valence-electron chi connectivity index (χ3n) is 5.37. The van der Waals surface area contributed by atoms with Gasteiger partial charge in [-0.15, -0.1) is 24.0 Å². The van der Waals surface area contributed by atoms with Crippen molar-refractivity contribution >= 4 is 41.8 Å². The van der Waals surface area contributed by atoms with Crippen molar-refractivity contribution in [1.82, 2.24) is 21.3 Å². The van der Waals surface area contributed by atoms with Crippen molar-refractivity contribution in [3.63, 3.8) is 0 Å². The van der Waals surface area contributed by atoms with Gasteiger partial charge in [-0.05, 0) is 49.8 Å². The fourth-order valence-electron chi connectivity index (χ4n) is 3.76. The van der Waals surface area contributed by atoms with Gasteiger partial charge in [0.1, 0.15) is 0 Å². The number of guanidine groups is 1. The maximum Gasteiger partial charge on any atom is 0.251 e. The van der Waals surface area contributed by atoms with E-state index in [1.165, 1.54) is 32.1 Å². The van der Waals surface area contributed by atoms with Crippen LogP contribution >= 0.6 is 24.0 Å². The number of rotatable bonds is 10. The quantitative estimate of drug-likeness (QED) is 0.158. The largest absolute Gasteiger partial charge is 0.357 e. The average Bonchev–Trinajstić information content (AvgIpc) is 2.77. The summed E-state index contributed by atoms with van der Waals surface area (Å²) in [6, 6.07) is 7.60. The lowest BCUT2D eigenvalue weighted by molar-refractivity contribution is -0.122. The number of amides is 2. The highest BCUT2D eigenvalue weighted by molar-refractivity contribution is 14.0. The molecule has 1 aromatic rings. The molecule has 2 rings (SSSR count). The second-order valence-corrected chi connectivity index (χ2v) is 7.78. The summed E-state index contributed by atoms with van der Waals surface area (Å²) in [7, 11) is 1.63. The molecule has 1 saturated carbocycles. The van der Waals surface area contributed by atoms with Crippen molar-refractivity contribution < 1.29 is 9.59 Å². The Morgan fingerprint density at radius 2 is 1.81 bits per heavy atom. The summed E-state index contributed by atoms with van der Waals surface area (Å²) in [5.41, 5.74) is 1.73. The summed E-state index contributed by atoms with van der Waals surface area (Å²) in [6.45, 7) is 4.63. The van der Waals surface area contributed by atoms with Crippen LogP contribution < -0.4 is 21.3 Å². The number of nitrogens with zero attached hydrogens (tertiary/aromatic N) is 1. The van der Waals surface area contributed by atoms with E-state index in [0.717, 1.165) is 24.5 Å². The normalized spacial score (nSPS) is 14.3. The molecule has 0 radical (unpaired) electrons. The van der Waals surface area contributed by atoms with Crippen molar-refractivity contribution in [1.29, 1.82) is 0 Å². The van der Waals surface area contributed by atoms with Crippen LogP contribution in [0, 0.1) is 5.92 Å². The molecular formula is C23H38IN5O2. The zero-order valence-corrected chi connectivity index (χ0v) is 21.2. The number of carbonyl (C=O) groups is 2. The Morgan fingerprint density at radius 3 is 2.52 bits per heavy atom. The fourth-order valence-corrected chi connectivity index (χ4v) is 3.76. The third-order valence-corrected chi connectivity index (χ3v) is 5.37. The van der Waals surface area contributed by atoms with E-state index in [1.807, 2.05) is 25.1 Å². The smallest absolute Gasteiger partial charge is 0.251 e. The van der Waals surface area contributed by atoms with Crippen molar-refractivity contribution in [2.75, 3.05) is 33.2 Å². The molecule has 1 aliphatic rings. The first-order valence-corrected chi connectivity index (χ1v) is 11.2. The van der Waals surface area contributed by atoms with E-state index in [4.69, 9.17) is 0 Å². The predicted molar refractivity (Wildman–Crippen MR) is 137 cm³/mol. The van der Waals surface area contributed by atoms with E-state index in [1.54, 1.807) is 13.1 Å². The van der Waals surface area contributed by atoms with Gasteiger partial charge in [0.05, 0.1) is 0 Å². The van der Waals surface area contributed by atoms with E-state index in [2.05, 4.69) is 26.3 Å². The standard InChI is InChI=1S/C23H37N5O2.HI/c1-3-25-23(27-13-12-19-10-7-11-20(16-19)22(30)24-2)28-15-14-26-21(29)17-18-8-5-4-6-9-18;/h7,10-11,16,18H,3-6,8-9,12-15,17H2,1-2H3,(H,24,30)(H,26,29)(H2,25,27,28);1H. The number of halogens is 1. The number of carbonyl (C=O) groups excluding carboxylic acids is 2. The minimum absolute atomic E-state index is 0. The maximum atomic E-state index is 12.1. The van der Waals surface area contributed by atoms with Crippen molar-refractivity contribution in [3.05, 3.63) is 35.4 Å². The lowest BCUT2D eigenvalue weighted by Crippen LogP contribution is -2.41. The van der Waals surface area contributed by atoms with Crippen LogP contribution in [-0.4, -0.2) is 51.0 Å². The summed E-state index contributed by atoms with van der Waals surface area (Å²) in [6.07, 6.45) is 7.62. The second kappa shape index (κ2) is 15.9. The molecule has 0 bridgehead atoms. The molecule has 174 valence electrons. The predicted octanol–water partition coefficient (Wildman–Crippen LogP) is 2.85. The van der Waals surface area contributed by atoms with Crippen LogP contribution in [0.3, 0.4) is 0 Å². The fraction of sp³-hybridized carbons (Fsp3) is 0.609. The monoisotopic (exact) mass is 543 g/mol. The van der Waals surface area contributed by atoms with E-state index >= 15 is 0 Å². The molecule has 0 unspecified atom stereocenters. The highest BCUT2D eigenvalue weighted by Crippen LogP contribution is 2.25. The Morgan fingerprint density at radius 1 is 1.06 bits per heavy atom. The molecule has 0 heterocycles. The van der Waals surface area contributed by atoms with Gasteiger partial charge in [0.2, 0.25) is 5.91 Å². The maximum absolute atomic E-state index is 12.1. The van der Waals surface area contributed by atoms with Gasteiger partial charge in [-0.1, -0.05) is 31.4 Å². The first-order valence-electron chi connectivity index (χ1n) is 11.2. The number of hydrogen-bond donors (Lipinski definition) is 4. The minimum atomic E-state index is -0.0825. The van der Waals surface area contributed by atoms with Crippen LogP contribution in [0.5, 0.6) is 0 Å². The molecular weight excluding hydrogens is 505 g/mol. The van der Waals surface area contributed by atoms with E-state index in [-0.39, 0.29) is 35.8 Å². The van der Waals surface area contributed by atoms with E-state index in [9.17, 15) is 9.59 Å². The Kier molecular flexibility index (Phi) is 13.9. The zero-order valence-electron chi connectivity index (χ0n) is 18.8. The molecule has 31 heavy (non-hydrogen) atoms. The minimum Gasteiger partial charge on any atom is -0.357 e. The Balaban J connectivity index is 0.00000480. The second-order valence-electron chi connectivity index (χ2n) is 7.78. The van der Waals surface area contributed by atoms with Gasteiger partial charge in [0, 0.05) is 45.2 Å². The molecule has 4 N–H and O–H groups in total. The number of hydrogen-bond acceptors (Lipinski definition) is 3. The van der Waals surface area contributed by atoms with Crippen LogP contribution in [0.25, 0.3) is 0 Å². The van der Waals surface area contributed by atoms with E-state index in [0.29, 0.717) is 37.5 Å². The topological polar surface area (TPSA) is 94.6 Å². The average molecular weight is 543 g/mol. The molecule has 1 aromatic carbocycles. The van der Waals surface area contributed by atoms with Gasteiger partial charge in [0.25, 0.3) is 5.91 Å². The summed E-state index contributed by atoms with van der Waals surface area (Å²) < 4.78 is 0. The number of benzene rings is 1. The van der Waals surface area contributed by atoms with Crippen LogP contribution in [0.1, 0.15) is 61.4 Å². The molecule has 2 amide bonds. The Hall–Kier alpha value is -1.84. The van der Waals surface area contributed by atoms with Gasteiger partial charge in [-0.25, -0.2) is 0 Å². The summed E-state index contributed by atoms with van der Waals surface area (Å²) in [4.78, 5) is 28.4. The first kappa shape index (κ1) is 27.2. The molecule has 0 aromatic heterocycles. The molecule has 1 fully saturated rings. The lowest BCUT2D eigenvalue weighted by atomic mass is 9.87. The molecule has 8 heteroatoms. The van der Waals surface area contributed by atoms with Gasteiger partial charge in [-0.3, -0.25) is 14.6 Å². The van der Waals surface area contributed by atoms with Crippen LogP contribution in [0.2, 0.25) is 0 Å². The molecule has 7 nitrogen and oxygen atoms in total. The number of nitrogens with one attached hydrogen (secondary N) is 4. The molecule has 0 aliphatic heterocycles. The summed E-state index contributed by atoms with van der Waals surface area (Å²) in [5, 5.41) is 12.1. The van der Waals surface area contributed by atoms with Crippen LogP contribution in [0.4, 0.5) is 0 Å². The highest BCUT2D eigenvalue weighted by Gasteiger charge is 2.16. The Bertz CT molecular complexity index is 705. The van der Waals surface area contributed by atoms with Gasteiger partial charge in [0.15, 0.2) is 5.96 Å². The van der Waals surface area contributed by atoms with Crippen molar-refractivity contribution in [2.24, 2.45) is 10.9 Å².